The average Bonchev–Trinajstić information content (AvgIpc) is 3.32. The van der Waals surface area contributed by atoms with Crippen molar-refractivity contribution >= 4 is 74.1 Å². The smallest absolute Gasteiger partial charge is 0.221 e. The number of fused-ring (bicyclic) bond motifs is 2. The second-order valence-electron chi connectivity index (χ2n) is 15.4. The molecule has 0 aliphatic carbocycles. The second-order valence-corrected chi connectivity index (χ2v) is 16.7. The topological polar surface area (TPSA) is 128 Å². The Morgan fingerprint density at radius 1 is 0.562 bits per heavy atom. The number of aromatic nitrogens is 2. The first-order chi connectivity index (χ1) is 31.0. The van der Waals surface area contributed by atoms with Crippen molar-refractivity contribution in [1.82, 2.24) is 20.6 Å². The van der Waals surface area contributed by atoms with E-state index in [1.54, 1.807) is 54.9 Å². The SMILES string of the molecule is CN(C)c1ccc(C(NC(=O)CCc2ccccc2)c2cc(Cl)c3cccnc3c2O)cc1.O=C(CCc1ccccc1)NC(c1ccc(Cl)cc1)c1cc(Cl)c2cccnc2c1O. The monoisotopic (exact) mass is 909 g/mol. The van der Waals surface area contributed by atoms with Crippen LogP contribution in [0.5, 0.6) is 11.5 Å². The molecule has 0 fully saturated rings. The third-order valence-corrected chi connectivity index (χ3v) is 11.7. The quantitative estimate of drug-likeness (QED) is 0.0907. The maximum absolute atomic E-state index is 13.0. The molecule has 4 N–H and O–H groups in total. The van der Waals surface area contributed by atoms with Crippen LogP contribution < -0.4 is 15.5 Å². The summed E-state index contributed by atoms with van der Waals surface area (Å²) in [7, 11) is 3.94. The lowest BCUT2D eigenvalue weighted by Gasteiger charge is -2.23. The van der Waals surface area contributed by atoms with Gasteiger partial charge in [0.25, 0.3) is 0 Å². The number of benzene rings is 6. The zero-order valence-corrected chi connectivity index (χ0v) is 37.4. The van der Waals surface area contributed by atoms with Gasteiger partial charge in [-0.3, -0.25) is 19.6 Å². The molecule has 0 spiro atoms. The van der Waals surface area contributed by atoms with E-state index in [-0.39, 0.29) is 23.3 Å². The fraction of sp³-hybridized carbons (Fsp3) is 0.154. The number of hydrogen-bond donors (Lipinski definition) is 4. The van der Waals surface area contributed by atoms with Gasteiger partial charge in [0.1, 0.15) is 22.5 Å². The van der Waals surface area contributed by atoms with Gasteiger partial charge in [0.05, 0.1) is 22.1 Å². The molecule has 324 valence electrons. The molecule has 12 heteroatoms. The summed E-state index contributed by atoms with van der Waals surface area (Å²) in [5, 5.41) is 31.0. The zero-order chi connectivity index (χ0) is 45.2. The van der Waals surface area contributed by atoms with E-state index in [0.717, 1.165) is 27.9 Å². The van der Waals surface area contributed by atoms with E-state index in [1.807, 2.05) is 122 Å². The van der Waals surface area contributed by atoms with Crippen LogP contribution >= 0.6 is 34.8 Å². The van der Waals surface area contributed by atoms with Crippen LogP contribution in [-0.2, 0) is 22.4 Å². The number of phenols is 2. The van der Waals surface area contributed by atoms with Crippen molar-refractivity contribution in [1.29, 1.82) is 0 Å². The van der Waals surface area contributed by atoms with Crippen LogP contribution in [0.1, 0.15) is 58.3 Å². The van der Waals surface area contributed by atoms with Crippen LogP contribution in [-0.4, -0.2) is 46.1 Å². The number of hydrogen-bond acceptors (Lipinski definition) is 7. The molecule has 9 nitrogen and oxygen atoms in total. The van der Waals surface area contributed by atoms with Gasteiger partial charge in [0.15, 0.2) is 0 Å². The molecule has 8 rings (SSSR count). The molecule has 0 aliphatic heterocycles. The Balaban J connectivity index is 0.000000192. The largest absolute Gasteiger partial charge is 0.505 e. The van der Waals surface area contributed by atoms with Gasteiger partial charge in [-0.05, 0) is 95.8 Å². The van der Waals surface area contributed by atoms with Crippen LogP contribution in [0.25, 0.3) is 21.8 Å². The second kappa shape index (κ2) is 21.1. The lowest BCUT2D eigenvalue weighted by molar-refractivity contribution is -0.122. The van der Waals surface area contributed by atoms with Crippen LogP contribution in [0.4, 0.5) is 5.69 Å². The summed E-state index contributed by atoms with van der Waals surface area (Å²) in [6.07, 6.45) is 5.10. The Kier molecular flexibility index (Phi) is 15.0. The molecule has 2 amide bonds. The van der Waals surface area contributed by atoms with Crippen molar-refractivity contribution in [2.75, 3.05) is 19.0 Å². The summed E-state index contributed by atoms with van der Waals surface area (Å²) in [6, 6.07) is 44.1. The number of rotatable bonds is 13. The molecule has 2 unspecified atom stereocenters. The molecule has 2 aromatic heterocycles. The third-order valence-electron chi connectivity index (χ3n) is 10.8. The highest BCUT2D eigenvalue weighted by Gasteiger charge is 2.25. The van der Waals surface area contributed by atoms with E-state index in [4.69, 9.17) is 34.8 Å². The van der Waals surface area contributed by atoms with Gasteiger partial charge in [0.2, 0.25) is 11.8 Å². The maximum atomic E-state index is 13.0. The number of nitrogens with one attached hydrogen (secondary N) is 2. The van der Waals surface area contributed by atoms with Crippen molar-refractivity contribution < 1.29 is 19.8 Å². The van der Waals surface area contributed by atoms with Crippen molar-refractivity contribution in [2.45, 2.75) is 37.8 Å². The Labute approximate surface area is 387 Å². The van der Waals surface area contributed by atoms with Gasteiger partial charge in [-0.2, -0.15) is 0 Å². The molecule has 0 bridgehead atoms. The zero-order valence-electron chi connectivity index (χ0n) is 35.2. The molecule has 8 aromatic rings. The minimum absolute atomic E-state index is 0.0108. The molecular formula is C52H46Cl3N5O4. The lowest BCUT2D eigenvalue weighted by Crippen LogP contribution is -2.29. The molecule has 2 heterocycles. The molecule has 6 aromatic carbocycles. The minimum Gasteiger partial charge on any atom is -0.505 e. The molecule has 0 aliphatic rings. The standard InChI is InChI=1S/C27H26ClN3O2.C25H20Cl2N2O2/c1-31(2)20-13-11-19(12-14-20)25(30-24(32)15-10-18-7-4-3-5-8-18)22-17-23(28)21-9-6-16-29-26(21)27(22)33;26-18-11-9-17(10-12-18)23(29-22(30)13-8-16-5-2-1-3-6-16)20-15-21(27)19-7-4-14-28-24(19)25(20)31/h3-9,11-14,16-17,25,33H,10,15H2,1-2H3,(H,30,32);1-7,9-12,14-15,23,31H,8,13H2,(H,29,30). The summed E-state index contributed by atoms with van der Waals surface area (Å²) in [4.78, 5) is 36.4. The van der Waals surface area contributed by atoms with Gasteiger partial charge in [-0.1, -0.05) is 120 Å². The summed E-state index contributed by atoms with van der Waals surface area (Å²) in [6.45, 7) is 0. The highest BCUT2D eigenvalue weighted by atomic mass is 35.5. The summed E-state index contributed by atoms with van der Waals surface area (Å²) >= 11 is 19.1. The number of amides is 2. The van der Waals surface area contributed by atoms with E-state index in [1.165, 1.54) is 0 Å². The Hall–Kier alpha value is -6.65. The summed E-state index contributed by atoms with van der Waals surface area (Å²) in [5.74, 6) is -0.249. The summed E-state index contributed by atoms with van der Waals surface area (Å²) < 4.78 is 0. The molecule has 0 saturated carbocycles. The van der Waals surface area contributed by atoms with E-state index >= 15 is 0 Å². The number of nitrogens with zero attached hydrogens (tertiary/aromatic N) is 3. The molecular weight excluding hydrogens is 865 g/mol. The first-order valence-electron chi connectivity index (χ1n) is 20.7. The Bertz CT molecular complexity index is 2860. The van der Waals surface area contributed by atoms with Gasteiger partial charge < -0.3 is 25.7 Å². The fourth-order valence-corrected chi connectivity index (χ4v) is 8.09. The number of aromatic hydroxyl groups is 2. The lowest BCUT2D eigenvalue weighted by atomic mass is 9.95. The number of pyridine rings is 2. The number of anilines is 1. The van der Waals surface area contributed by atoms with Crippen molar-refractivity contribution in [3.8, 4) is 11.5 Å². The third kappa shape index (κ3) is 11.1. The first-order valence-corrected chi connectivity index (χ1v) is 21.8. The van der Waals surface area contributed by atoms with Crippen LogP contribution in [0.2, 0.25) is 15.1 Å². The molecule has 0 saturated heterocycles. The number of carbonyl (C=O) groups excluding carboxylic acids is 2. The van der Waals surface area contributed by atoms with E-state index in [0.29, 0.717) is 73.7 Å². The van der Waals surface area contributed by atoms with E-state index in [2.05, 4.69) is 20.6 Å². The van der Waals surface area contributed by atoms with E-state index < -0.39 is 12.1 Å². The van der Waals surface area contributed by atoms with Crippen molar-refractivity contribution in [3.63, 3.8) is 0 Å². The normalized spacial score (nSPS) is 11.9. The fourth-order valence-electron chi connectivity index (χ4n) is 7.43. The van der Waals surface area contributed by atoms with Gasteiger partial charge in [-0.25, -0.2) is 0 Å². The predicted octanol–water partition coefficient (Wildman–Crippen LogP) is 11.6. The molecule has 2 atom stereocenters. The molecule has 0 radical (unpaired) electrons. The van der Waals surface area contributed by atoms with Crippen LogP contribution in [0.3, 0.4) is 0 Å². The predicted molar refractivity (Wildman–Crippen MR) is 259 cm³/mol. The van der Waals surface area contributed by atoms with Crippen LogP contribution in [0.15, 0.2) is 158 Å². The average molecular weight is 911 g/mol. The highest BCUT2D eigenvalue weighted by molar-refractivity contribution is 6.36. The Morgan fingerprint density at radius 3 is 1.38 bits per heavy atom. The number of halogens is 3. The first kappa shape index (κ1) is 45.4. The Morgan fingerprint density at radius 2 is 0.969 bits per heavy atom. The number of phenolic OH excluding ortho intramolecular Hbond substituents is 2. The van der Waals surface area contributed by atoms with Gasteiger partial charge in [0, 0.05) is 71.9 Å². The number of aryl methyl sites for hydroxylation is 2. The van der Waals surface area contributed by atoms with Crippen LogP contribution in [0, 0.1) is 0 Å². The van der Waals surface area contributed by atoms with Gasteiger partial charge in [-0.15, -0.1) is 0 Å². The minimum atomic E-state index is -0.607. The number of carbonyl (C=O) groups is 2. The maximum Gasteiger partial charge on any atom is 0.221 e. The highest BCUT2D eigenvalue weighted by Crippen LogP contribution is 2.40. The van der Waals surface area contributed by atoms with Gasteiger partial charge >= 0.3 is 0 Å². The van der Waals surface area contributed by atoms with Crippen molar-refractivity contribution in [2.24, 2.45) is 0 Å². The summed E-state index contributed by atoms with van der Waals surface area (Å²) in [5.41, 5.74) is 6.63. The molecule has 64 heavy (non-hydrogen) atoms. The van der Waals surface area contributed by atoms with Crippen molar-refractivity contribution in [3.05, 3.63) is 206 Å². The van der Waals surface area contributed by atoms with E-state index in [9.17, 15) is 19.8 Å².